The van der Waals surface area contributed by atoms with Crippen LogP contribution in [0.5, 0.6) is 17.2 Å². The van der Waals surface area contributed by atoms with Crippen LogP contribution in [0.3, 0.4) is 0 Å². The molecule has 0 bridgehead atoms. The number of benzene rings is 2. The van der Waals surface area contributed by atoms with Crippen molar-refractivity contribution in [2.75, 3.05) is 30.4 Å². The molecule has 4 heterocycles. The lowest BCUT2D eigenvalue weighted by Gasteiger charge is -2.32. The number of fused-ring (bicyclic) bond motifs is 2. The molecule has 0 atom stereocenters. The van der Waals surface area contributed by atoms with E-state index in [4.69, 9.17) is 19.2 Å². The Hall–Kier alpha value is -5.20. The second-order valence-electron chi connectivity index (χ2n) is 11.6. The van der Waals surface area contributed by atoms with Gasteiger partial charge in [-0.3, -0.25) is 0 Å². The number of rotatable bonds is 7. The summed E-state index contributed by atoms with van der Waals surface area (Å²) in [6, 6.07) is 11.4. The standard InChI is InChI=1S/C31H35N9O4/c1-31(2,3)44-30(41)37-19-10-12-40(13-11-19)29-32-16-23-27(38-29)28(34-17-33-23)36-20-6-9-25(26(14-20)42-5)43-21-7-8-24-22(15-21)35-18-39(24)4/h6-9,14-19H,10-13H2,1-5H3,(H,37,41)(H,33,34,36). The lowest BCUT2D eigenvalue weighted by atomic mass is 10.1. The monoisotopic (exact) mass is 597 g/mol. The highest BCUT2D eigenvalue weighted by atomic mass is 16.6. The maximum Gasteiger partial charge on any atom is 0.407 e. The highest BCUT2D eigenvalue weighted by molar-refractivity contribution is 5.87. The molecule has 1 aliphatic rings. The first kappa shape index (κ1) is 28.9. The van der Waals surface area contributed by atoms with Crippen molar-refractivity contribution in [3.63, 3.8) is 0 Å². The molecule has 13 heteroatoms. The van der Waals surface area contributed by atoms with Crippen LogP contribution in [0, 0.1) is 0 Å². The van der Waals surface area contributed by atoms with Gasteiger partial charge in [0.2, 0.25) is 5.95 Å². The average molecular weight is 598 g/mol. The Labute approximate surface area is 254 Å². The first-order valence-electron chi connectivity index (χ1n) is 14.4. The van der Waals surface area contributed by atoms with Crippen LogP contribution in [-0.4, -0.2) is 67.4 Å². The number of ether oxygens (including phenoxy) is 3. The van der Waals surface area contributed by atoms with Gasteiger partial charge in [-0.05, 0) is 57.9 Å². The van der Waals surface area contributed by atoms with Gasteiger partial charge in [0, 0.05) is 44.0 Å². The van der Waals surface area contributed by atoms with Crippen molar-refractivity contribution in [3.05, 3.63) is 55.2 Å². The predicted octanol–water partition coefficient (Wildman–Crippen LogP) is 5.34. The fourth-order valence-electron chi connectivity index (χ4n) is 5.06. The Bertz CT molecular complexity index is 1810. The third-order valence-electron chi connectivity index (χ3n) is 7.21. The lowest BCUT2D eigenvalue weighted by molar-refractivity contribution is 0.0497. The molecule has 2 N–H and O–H groups in total. The summed E-state index contributed by atoms with van der Waals surface area (Å²) in [6.45, 7) is 6.93. The largest absolute Gasteiger partial charge is 0.493 e. The minimum absolute atomic E-state index is 0.0296. The van der Waals surface area contributed by atoms with Gasteiger partial charge in [-0.25, -0.2) is 29.7 Å². The van der Waals surface area contributed by atoms with Crippen molar-refractivity contribution in [2.45, 2.75) is 45.3 Å². The number of hydrogen-bond acceptors (Lipinski definition) is 11. The molecular weight excluding hydrogens is 562 g/mol. The molecule has 0 saturated carbocycles. The molecule has 6 rings (SSSR count). The normalized spacial score (nSPS) is 14.1. The number of methoxy groups -OCH3 is 1. The number of anilines is 3. The number of nitrogens with one attached hydrogen (secondary N) is 2. The molecule has 44 heavy (non-hydrogen) atoms. The van der Waals surface area contributed by atoms with E-state index in [1.165, 1.54) is 6.33 Å². The van der Waals surface area contributed by atoms with Crippen LogP contribution in [0.4, 0.5) is 22.2 Å². The maximum atomic E-state index is 12.2. The van der Waals surface area contributed by atoms with Crippen LogP contribution in [0.2, 0.25) is 0 Å². The fourth-order valence-corrected chi connectivity index (χ4v) is 5.06. The number of carbonyl (C=O) groups is 1. The fraction of sp³-hybridized carbons (Fsp3) is 0.355. The number of piperidine rings is 1. The van der Waals surface area contributed by atoms with Crippen LogP contribution in [0.1, 0.15) is 33.6 Å². The summed E-state index contributed by atoms with van der Waals surface area (Å²) in [4.78, 5) is 36.9. The predicted molar refractivity (Wildman–Crippen MR) is 167 cm³/mol. The molecule has 5 aromatic rings. The molecule has 13 nitrogen and oxygen atoms in total. The molecule has 1 aliphatic heterocycles. The van der Waals surface area contributed by atoms with Crippen molar-refractivity contribution < 1.29 is 19.0 Å². The molecule has 2 aromatic carbocycles. The van der Waals surface area contributed by atoms with E-state index < -0.39 is 11.7 Å². The van der Waals surface area contributed by atoms with E-state index in [2.05, 4.69) is 35.5 Å². The Morgan fingerprint density at radius 1 is 0.977 bits per heavy atom. The molecule has 1 saturated heterocycles. The van der Waals surface area contributed by atoms with Gasteiger partial charge >= 0.3 is 6.09 Å². The maximum absolute atomic E-state index is 12.2. The first-order valence-corrected chi connectivity index (χ1v) is 14.4. The second kappa shape index (κ2) is 11.8. The Morgan fingerprint density at radius 3 is 2.57 bits per heavy atom. The van der Waals surface area contributed by atoms with Crippen LogP contribution in [0.25, 0.3) is 22.1 Å². The number of aromatic nitrogens is 6. The minimum Gasteiger partial charge on any atom is -0.493 e. The second-order valence-corrected chi connectivity index (χ2v) is 11.6. The van der Waals surface area contributed by atoms with E-state index in [9.17, 15) is 4.79 Å². The molecule has 0 radical (unpaired) electrons. The third-order valence-corrected chi connectivity index (χ3v) is 7.21. The summed E-state index contributed by atoms with van der Waals surface area (Å²) in [6.07, 6.45) is 6.06. The molecule has 228 valence electrons. The number of alkyl carbamates (subject to hydrolysis) is 1. The molecule has 1 amide bonds. The quantitative estimate of drug-likeness (QED) is 0.251. The van der Waals surface area contributed by atoms with Gasteiger partial charge in [-0.2, -0.15) is 0 Å². The average Bonchev–Trinajstić information content (AvgIpc) is 3.37. The number of amides is 1. The summed E-state index contributed by atoms with van der Waals surface area (Å²) in [5.41, 5.74) is 3.28. The van der Waals surface area contributed by atoms with E-state index in [1.807, 2.05) is 68.8 Å². The number of aryl methyl sites for hydroxylation is 1. The Balaban J connectivity index is 1.16. The number of hydrogen-bond donors (Lipinski definition) is 2. The van der Waals surface area contributed by atoms with Crippen LogP contribution in [-0.2, 0) is 11.8 Å². The zero-order valence-corrected chi connectivity index (χ0v) is 25.4. The van der Waals surface area contributed by atoms with Crippen LogP contribution < -0.4 is 25.0 Å². The summed E-state index contributed by atoms with van der Waals surface area (Å²) < 4.78 is 19.1. The summed E-state index contributed by atoms with van der Waals surface area (Å²) in [5.74, 6) is 2.89. The lowest BCUT2D eigenvalue weighted by Crippen LogP contribution is -2.46. The minimum atomic E-state index is -0.533. The smallest absolute Gasteiger partial charge is 0.407 e. The highest BCUT2D eigenvalue weighted by Gasteiger charge is 2.25. The zero-order chi connectivity index (χ0) is 30.8. The number of nitrogens with zero attached hydrogens (tertiary/aromatic N) is 7. The van der Waals surface area contributed by atoms with Gasteiger partial charge in [0.25, 0.3) is 0 Å². The van der Waals surface area contributed by atoms with E-state index in [1.54, 1.807) is 19.6 Å². The number of carbonyl (C=O) groups excluding carboxylic acids is 1. The summed E-state index contributed by atoms with van der Waals surface area (Å²) >= 11 is 0. The van der Waals surface area contributed by atoms with E-state index in [-0.39, 0.29) is 6.04 Å². The van der Waals surface area contributed by atoms with Crippen molar-refractivity contribution in [1.29, 1.82) is 0 Å². The molecule has 3 aromatic heterocycles. The Kier molecular flexibility index (Phi) is 7.77. The van der Waals surface area contributed by atoms with Crippen molar-refractivity contribution in [1.82, 2.24) is 34.8 Å². The Morgan fingerprint density at radius 2 is 1.80 bits per heavy atom. The van der Waals surface area contributed by atoms with Gasteiger partial charge in [0.05, 0.1) is 30.7 Å². The van der Waals surface area contributed by atoms with Gasteiger partial charge in [-0.1, -0.05) is 0 Å². The zero-order valence-electron chi connectivity index (χ0n) is 25.4. The summed E-state index contributed by atoms with van der Waals surface area (Å²) in [7, 11) is 3.55. The van der Waals surface area contributed by atoms with Crippen LogP contribution >= 0.6 is 0 Å². The van der Waals surface area contributed by atoms with E-state index >= 15 is 0 Å². The SMILES string of the molecule is COc1cc(Nc2ncnc3cnc(N4CCC(NC(=O)OC(C)(C)C)CC4)nc23)ccc1Oc1ccc2c(c1)ncn2C. The van der Waals surface area contributed by atoms with Crippen molar-refractivity contribution in [3.8, 4) is 17.2 Å². The van der Waals surface area contributed by atoms with Gasteiger partial charge < -0.3 is 34.3 Å². The van der Waals surface area contributed by atoms with Gasteiger partial charge in [0.1, 0.15) is 28.7 Å². The van der Waals surface area contributed by atoms with Crippen molar-refractivity contribution >= 4 is 45.6 Å². The first-order chi connectivity index (χ1) is 21.1. The molecule has 0 aliphatic carbocycles. The van der Waals surface area contributed by atoms with E-state index in [0.29, 0.717) is 53.1 Å². The molecule has 0 spiro atoms. The van der Waals surface area contributed by atoms with Crippen molar-refractivity contribution in [2.24, 2.45) is 7.05 Å². The molecule has 1 fully saturated rings. The van der Waals surface area contributed by atoms with Gasteiger partial charge in [0.15, 0.2) is 17.3 Å². The van der Waals surface area contributed by atoms with E-state index in [0.717, 1.165) is 29.6 Å². The summed E-state index contributed by atoms with van der Waals surface area (Å²) in [5, 5.41) is 6.31. The topological polar surface area (TPSA) is 141 Å². The van der Waals surface area contributed by atoms with Crippen LogP contribution in [0.15, 0.2) is 55.2 Å². The molecule has 0 unspecified atom stereocenters. The van der Waals surface area contributed by atoms with Gasteiger partial charge in [-0.15, -0.1) is 0 Å². The number of imidazole rings is 1. The highest BCUT2D eigenvalue weighted by Crippen LogP contribution is 2.36. The molecular formula is C31H35N9O4. The third kappa shape index (κ3) is 6.41.